The first-order valence-electron chi connectivity index (χ1n) is 8.75. The van der Waals surface area contributed by atoms with Crippen molar-refractivity contribution in [3.8, 4) is 0 Å². The molecule has 2 rings (SSSR count). The van der Waals surface area contributed by atoms with Crippen molar-refractivity contribution < 1.29 is 9.59 Å². The molecule has 26 heavy (non-hydrogen) atoms. The molecule has 2 atom stereocenters. The molecular weight excluding hydrogens is 350 g/mol. The zero-order valence-electron chi connectivity index (χ0n) is 15.0. The Balaban J connectivity index is 1.95. The number of amides is 2. The number of nitrogens with zero attached hydrogens (tertiary/aromatic N) is 1. The molecule has 0 saturated heterocycles. The van der Waals surface area contributed by atoms with E-state index in [4.69, 9.17) is 11.6 Å². The van der Waals surface area contributed by atoms with Crippen LogP contribution in [0.25, 0.3) is 0 Å². The molecule has 2 aromatic rings. The Bertz CT molecular complexity index is 720. The van der Waals surface area contributed by atoms with E-state index < -0.39 is 6.04 Å². The molecule has 0 fully saturated rings. The second kappa shape index (κ2) is 9.92. The summed E-state index contributed by atoms with van der Waals surface area (Å²) in [5.41, 5.74) is 1.39. The first-order valence-corrected chi connectivity index (χ1v) is 9.13. The SMILES string of the molecule is CCC(C)C(NC(=O)c1ccc(Cl)cc1)C(=O)NCCc1ccccn1. The van der Waals surface area contributed by atoms with Crippen LogP contribution in [0.2, 0.25) is 5.02 Å². The maximum Gasteiger partial charge on any atom is 0.251 e. The number of carbonyl (C=O) groups is 2. The van der Waals surface area contributed by atoms with Crippen LogP contribution in [-0.4, -0.2) is 29.4 Å². The Morgan fingerprint density at radius 1 is 1.15 bits per heavy atom. The summed E-state index contributed by atoms with van der Waals surface area (Å²) in [5, 5.41) is 6.30. The van der Waals surface area contributed by atoms with Gasteiger partial charge in [0.05, 0.1) is 0 Å². The predicted molar refractivity (Wildman–Crippen MR) is 103 cm³/mol. The second-order valence-electron chi connectivity index (χ2n) is 6.21. The van der Waals surface area contributed by atoms with Crippen LogP contribution in [0.1, 0.15) is 36.3 Å². The molecule has 2 unspecified atom stereocenters. The first kappa shape index (κ1) is 19.9. The number of pyridine rings is 1. The van der Waals surface area contributed by atoms with Crippen LogP contribution in [-0.2, 0) is 11.2 Å². The van der Waals surface area contributed by atoms with Gasteiger partial charge in [-0.3, -0.25) is 14.6 Å². The summed E-state index contributed by atoms with van der Waals surface area (Å²) in [6.45, 7) is 4.41. The maximum absolute atomic E-state index is 12.6. The highest BCUT2D eigenvalue weighted by molar-refractivity contribution is 6.30. The molecule has 0 radical (unpaired) electrons. The summed E-state index contributed by atoms with van der Waals surface area (Å²) in [4.78, 5) is 29.3. The number of aromatic nitrogens is 1. The number of rotatable bonds is 8. The lowest BCUT2D eigenvalue weighted by Gasteiger charge is -2.23. The fraction of sp³-hybridized carbons (Fsp3) is 0.350. The number of nitrogens with one attached hydrogen (secondary N) is 2. The summed E-state index contributed by atoms with van der Waals surface area (Å²) >= 11 is 5.85. The minimum atomic E-state index is -0.591. The van der Waals surface area contributed by atoms with Gasteiger partial charge < -0.3 is 10.6 Å². The normalized spacial score (nSPS) is 12.9. The topological polar surface area (TPSA) is 71.1 Å². The Hall–Kier alpha value is -2.40. The van der Waals surface area contributed by atoms with E-state index in [1.807, 2.05) is 32.0 Å². The average molecular weight is 374 g/mol. The summed E-state index contributed by atoms with van der Waals surface area (Å²) < 4.78 is 0. The highest BCUT2D eigenvalue weighted by Crippen LogP contribution is 2.12. The van der Waals surface area contributed by atoms with E-state index in [2.05, 4.69) is 15.6 Å². The zero-order valence-corrected chi connectivity index (χ0v) is 15.8. The van der Waals surface area contributed by atoms with Crippen molar-refractivity contribution in [1.82, 2.24) is 15.6 Å². The molecule has 2 amide bonds. The van der Waals surface area contributed by atoms with E-state index in [0.29, 0.717) is 23.6 Å². The van der Waals surface area contributed by atoms with E-state index in [9.17, 15) is 9.59 Å². The molecule has 0 aliphatic carbocycles. The summed E-state index contributed by atoms with van der Waals surface area (Å²) in [7, 11) is 0. The van der Waals surface area contributed by atoms with Gasteiger partial charge in [0, 0.05) is 35.4 Å². The molecule has 0 aliphatic heterocycles. The second-order valence-corrected chi connectivity index (χ2v) is 6.64. The minimum Gasteiger partial charge on any atom is -0.354 e. The van der Waals surface area contributed by atoms with E-state index in [-0.39, 0.29) is 17.7 Å². The fourth-order valence-corrected chi connectivity index (χ4v) is 2.62. The molecule has 6 heteroatoms. The monoisotopic (exact) mass is 373 g/mol. The van der Waals surface area contributed by atoms with Crippen LogP contribution in [0.3, 0.4) is 0 Å². The van der Waals surface area contributed by atoms with Crippen molar-refractivity contribution in [2.75, 3.05) is 6.54 Å². The Kier molecular flexibility index (Phi) is 7.60. The van der Waals surface area contributed by atoms with E-state index in [1.165, 1.54) is 0 Å². The van der Waals surface area contributed by atoms with Crippen molar-refractivity contribution in [3.63, 3.8) is 0 Å². The molecule has 0 aliphatic rings. The number of hydrogen-bond donors (Lipinski definition) is 2. The Labute approximate surface area is 159 Å². The Morgan fingerprint density at radius 3 is 2.50 bits per heavy atom. The third-order valence-electron chi connectivity index (χ3n) is 4.29. The van der Waals surface area contributed by atoms with Gasteiger partial charge in [0.15, 0.2) is 0 Å². The van der Waals surface area contributed by atoms with Crippen molar-refractivity contribution >= 4 is 23.4 Å². The predicted octanol–water partition coefficient (Wildman–Crippen LogP) is 3.24. The van der Waals surface area contributed by atoms with Crippen molar-refractivity contribution in [2.45, 2.75) is 32.7 Å². The van der Waals surface area contributed by atoms with Gasteiger partial charge in [0.1, 0.15) is 6.04 Å². The molecule has 2 N–H and O–H groups in total. The first-order chi connectivity index (χ1) is 12.5. The number of carbonyl (C=O) groups excluding carboxylic acids is 2. The smallest absolute Gasteiger partial charge is 0.251 e. The van der Waals surface area contributed by atoms with Crippen LogP contribution in [0.5, 0.6) is 0 Å². The van der Waals surface area contributed by atoms with Gasteiger partial charge in [-0.25, -0.2) is 0 Å². The molecule has 1 aromatic carbocycles. The van der Waals surface area contributed by atoms with Crippen LogP contribution in [0, 0.1) is 5.92 Å². The average Bonchev–Trinajstić information content (AvgIpc) is 2.66. The molecule has 1 heterocycles. The van der Waals surface area contributed by atoms with Gasteiger partial charge in [-0.2, -0.15) is 0 Å². The van der Waals surface area contributed by atoms with Gasteiger partial charge in [-0.05, 0) is 42.3 Å². The van der Waals surface area contributed by atoms with Gasteiger partial charge in [0.2, 0.25) is 5.91 Å². The third-order valence-corrected chi connectivity index (χ3v) is 4.55. The van der Waals surface area contributed by atoms with Crippen molar-refractivity contribution in [2.24, 2.45) is 5.92 Å². The molecule has 0 spiro atoms. The standard InChI is InChI=1S/C20H24ClN3O2/c1-3-14(2)18(24-19(25)15-7-9-16(21)10-8-15)20(26)23-13-11-17-6-4-5-12-22-17/h4-10,12,14,18H,3,11,13H2,1-2H3,(H,23,26)(H,24,25). The fourth-order valence-electron chi connectivity index (χ4n) is 2.50. The molecule has 138 valence electrons. The summed E-state index contributed by atoms with van der Waals surface area (Å²) in [6.07, 6.45) is 3.15. The number of benzene rings is 1. The highest BCUT2D eigenvalue weighted by Gasteiger charge is 2.26. The minimum absolute atomic E-state index is 0.0149. The molecular formula is C20H24ClN3O2. The lowest BCUT2D eigenvalue weighted by atomic mass is 9.97. The number of halogens is 1. The van der Waals surface area contributed by atoms with Crippen LogP contribution in [0.15, 0.2) is 48.7 Å². The molecule has 0 saturated carbocycles. The third kappa shape index (κ3) is 5.85. The lowest BCUT2D eigenvalue weighted by Crippen LogP contribution is -2.50. The van der Waals surface area contributed by atoms with Crippen molar-refractivity contribution in [1.29, 1.82) is 0 Å². The van der Waals surface area contributed by atoms with E-state index >= 15 is 0 Å². The molecule has 0 bridgehead atoms. The highest BCUT2D eigenvalue weighted by atomic mass is 35.5. The van der Waals surface area contributed by atoms with E-state index in [1.54, 1.807) is 30.5 Å². The number of hydrogen-bond acceptors (Lipinski definition) is 3. The molecule has 1 aromatic heterocycles. The Morgan fingerprint density at radius 2 is 1.88 bits per heavy atom. The van der Waals surface area contributed by atoms with Crippen molar-refractivity contribution in [3.05, 3.63) is 64.9 Å². The summed E-state index contributed by atoms with van der Waals surface area (Å²) in [5.74, 6) is -0.453. The van der Waals surface area contributed by atoms with Crippen LogP contribution in [0.4, 0.5) is 0 Å². The molecule has 5 nitrogen and oxygen atoms in total. The van der Waals surface area contributed by atoms with Gasteiger partial charge in [-0.15, -0.1) is 0 Å². The van der Waals surface area contributed by atoms with Gasteiger partial charge >= 0.3 is 0 Å². The summed E-state index contributed by atoms with van der Waals surface area (Å²) in [6, 6.07) is 11.7. The zero-order chi connectivity index (χ0) is 18.9. The largest absolute Gasteiger partial charge is 0.354 e. The van der Waals surface area contributed by atoms with Gasteiger partial charge in [-0.1, -0.05) is 37.9 Å². The van der Waals surface area contributed by atoms with E-state index in [0.717, 1.165) is 12.1 Å². The maximum atomic E-state index is 12.6. The van der Waals surface area contributed by atoms with Crippen LogP contribution >= 0.6 is 11.6 Å². The quantitative estimate of drug-likeness (QED) is 0.746. The lowest BCUT2D eigenvalue weighted by molar-refractivity contribution is -0.124. The van der Waals surface area contributed by atoms with Gasteiger partial charge in [0.25, 0.3) is 5.91 Å². The van der Waals surface area contributed by atoms with Crippen LogP contribution < -0.4 is 10.6 Å².